The van der Waals surface area contributed by atoms with Gasteiger partial charge in [-0.25, -0.2) is 0 Å². The van der Waals surface area contributed by atoms with Gasteiger partial charge in [-0.2, -0.15) is 0 Å². The van der Waals surface area contributed by atoms with Gasteiger partial charge in [-0.15, -0.1) is 0 Å². The molecule has 1 atom stereocenters. The first-order valence-corrected chi connectivity index (χ1v) is 7.49. The van der Waals surface area contributed by atoms with Crippen molar-refractivity contribution in [1.29, 1.82) is 0 Å². The van der Waals surface area contributed by atoms with E-state index in [1.54, 1.807) is 0 Å². The average molecular weight is 284 g/mol. The van der Waals surface area contributed by atoms with Gasteiger partial charge in [0.2, 0.25) is 0 Å². The van der Waals surface area contributed by atoms with Crippen molar-refractivity contribution in [2.24, 2.45) is 0 Å². The second-order valence-corrected chi connectivity index (χ2v) is 5.35. The van der Waals surface area contributed by atoms with Gasteiger partial charge < -0.3 is 10.1 Å². The molecule has 21 heavy (non-hydrogen) atoms. The lowest BCUT2D eigenvalue weighted by Gasteiger charge is -2.19. The molecule has 0 fully saturated rings. The molecule has 0 radical (unpaired) electrons. The van der Waals surface area contributed by atoms with Gasteiger partial charge in [0.15, 0.2) is 0 Å². The SMILES string of the molecule is CCCOc1ccc(C(NC)c2ncc(C)cc2C)cc1. The van der Waals surface area contributed by atoms with Crippen molar-refractivity contribution in [3.8, 4) is 5.75 Å². The molecule has 0 aliphatic carbocycles. The molecule has 1 aromatic carbocycles. The summed E-state index contributed by atoms with van der Waals surface area (Å²) in [5, 5.41) is 3.35. The molecular formula is C18H24N2O. The summed E-state index contributed by atoms with van der Waals surface area (Å²) in [6.07, 6.45) is 2.94. The van der Waals surface area contributed by atoms with E-state index < -0.39 is 0 Å². The molecule has 3 heteroatoms. The fourth-order valence-corrected chi connectivity index (χ4v) is 2.47. The first kappa shape index (κ1) is 15.5. The van der Waals surface area contributed by atoms with Gasteiger partial charge >= 0.3 is 0 Å². The maximum Gasteiger partial charge on any atom is 0.119 e. The molecule has 0 spiro atoms. The van der Waals surface area contributed by atoms with Gasteiger partial charge in [0.25, 0.3) is 0 Å². The number of nitrogens with zero attached hydrogens (tertiary/aromatic N) is 1. The second kappa shape index (κ2) is 7.23. The van der Waals surface area contributed by atoms with Crippen molar-refractivity contribution in [3.63, 3.8) is 0 Å². The molecule has 2 rings (SSSR count). The number of hydrogen-bond acceptors (Lipinski definition) is 3. The third-order valence-electron chi connectivity index (χ3n) is 3.50. The lowest BCUT2D eigenvalue weighted by molar-refractivity contribution is 0.317. The van der Waals surface area contributed by atoms with Crippen LogP contribution in [0.15, 0.2) is 36.5 Å². The van der Waals surface area contributed by atoms with Crippen LogP contribution in [0.1, 0.15) is 41.8 Å². The van der Waals surface area contributed by atoms with Gasteiger partial charge in [0, 0.05) is 6.20 Å². The zero-order valence-electron chi connectivity index (χ0n) is 13.3. The zero-order valence-corrected chi connectivity index (χ0v) is 13.3. The predicted molar refractivity (Wildman–Crippen MR) is 86.8 cm³/mol. The quantitative estimate of drug-likeness (QED) is 0.876. The van der Waals surface area contributed by atoms with Crippen molar-refractivity contribution in [2.75, 3.05) is 13.7 Å². The number of ether oxygens (including phenoxy) is 1. The zero-order chi connectivity index (χ0) is 15.2. The van der Waals surface area contributed by atoms with Gasteiger partial charge in [-0.3, -0.25) is 4.98 Å². The highest BCUT2D eigenvalue weighted by Crippen LogP contribution is 2.25. The lowest BCUT2D eigenvalue weighted by atomic mass is 9.99. The fraction of sp³-hybridized carbons (Fsp3) is 0.389. The van der Waals surface area contributed by atoms with Crippen LogP contribution in [0.2, 0.25) is 0 Å². The summed E-state index contributed by atoms with van der Waals surface area (Å²) in [7, 11) is 1.97. The van der Waals surface area contributed by atoms with Crippen LogP contribution in [0.25, 0.3) is 0 Å². The second-order valence-electron chi connectivity index (χ2n) is 5.35. The van der Waals surface area contributed by atoms with Crippen LogP contribution in [0.4, 0.5) is 0 Å². The number of aromatic nitrogens is 1. The summed E-state index contributed by atoms with van der Waals surface area (Å²) in [5.74, 6) is 0.920. The highest BCUT2D eigenvalue weighted by atomic mass is 16.5. The molecule has 1 aromatic heterocycles. The van der Waals surface area contributed by atoms with E-state index in [9.17, 15) is 0 Å². The number of rotatable bonds is 6. The van der Waals surface area contributed by atoms with Crippen molar-refractivity contribution >= 4 is 0 Å². The van der Waals surface area contributed by atoms with Crippen LogP contribution >= 0.6 is 0 Å². The molecule has 0 aliphatic rings. The highest BCUT2D eigenvalue weighted by Gasteiger charge is 2.15. The lowest BCUT2D eigenvalue weighted by Crippen LogP contribution is -2.20. The summed E-state index contributed by atoms with van der Waals surface area (Å²) < 4.78 is 5.63. The maximum atomic E-state index is 5.63. The Morgan fingerprint density at radius 3 is 2.48 bits per heavy atom. The number of benzene rings is 1. The minimum atomic E-state index is 0.103. The van der Waals surface area contributed by atoms with Crippen molar-refractivity contribution in [1.82, 2.24) is 10.3 Å². The Bertz CT molecular complexity index is 578. The van der Waals surface area contributed by atoms with Gasteiger partial charge in [-0.05, 0) is 56.1 Å². The van der Waals surface area contributed by atoms with Crippen molar-refractivity contribution < 1.29 is 4.74 Å². The van der Waals surface area contributed by atoms with Crippen molar-refractivity contribution in [2.45, 2.75) is 33.2 Å². The Morgan fingerprint density at radius 2 is 1.90 bits per heavy atom. The molecule has 0 amide bonds. The van der Waals surface area contributed by atoms with Crippen molar-refractivity contribution in [3.05, 3.63) is 58.9 Å². The minimum Gasteiger partial charge on any atom is -0.494 e. The molecule has 0 aliphatic heterocycles. The van der Waals surface area contributed by atoms with Crippen LogP contribution < -0.4 is 10.1 Å². The monoisotopic (exact) mass is 284 g/mol. The van der Waals surface area contributed by atoms with E-state index >= 15 is 0 Å². The Morgan fingerprint density at radius 1 is 1.19 bits per heavy atom. The standard InChI is InChI=1S/C18H24N2O/c1-5-10-21-16-8-6-15(7-9-16)18(19-4)17-14(3)11-13(2)12-20-17/h6-9,11-12,18-19H,5,10H2,1-4H3. The first-order valence-electron chi connectivity index (χ1n) is 7.49. The van der Waals surface area contributed by atoms with Crippen LogP contribution in [0.3, 0.4) is 0 Å². The summed E-state index contributed by atoms with van der Waals surface area (Å²) in [4.78, 5) is 4.60. The molecule has 1 unspecified atom stereocenters. The molecule has 3 nitrogen and oxygen atoms in total. The van der Waals surface area contributed by atoms with E-state index in [0.717, 1.165) is 24.5 Å². The average Bonchev–Trinajstić information content (AvgIpc) is 2.49. The van der Waals surface area contributed by atoms with E-state index in [2.05, 4.69) is 49.3 Å². The van der Waals surface area contributed by atoms with E-state index in [0.29, 0.717) is 0 Å². The Labute approximate surface area is 127 Å². The van der Waals surface area contributed by atoms with E-state index in [1.165, 1.54) is 16.7 Å². The van der Waals surface area contributed by atoms with Gasteiger partial charge in [0.1, 0.15) is 5.75 Å². The molecule has 1 N–H and O–H groups in total. The van der Waals surface area contributed by atoms with E-state index in [1.807, 2.05) is 25.4 Å². The van der Waals surface area contributed by atoms with Gasteiger partial charge in [-0.1, -0.05) is 25.1 Å². The van der Waals surface area contributed by atoms with Crippen LogP contribution in [-0.2, 0) is 0 Å². The molecule has 0 bridgehead atoms. The number of pyridine rings is 1. The summed E-state index contributed by atoms with van der Waals surface area (Å²) >= 11 is 0. The van der Waals surface area contributed by atoms with Crippen LogP contribution in [0, 0.1) is 13.8 Å². The summed E-state index contributed by atoms with van der Waals surface area (Å²) in [6, 6.07) is 10.5. The van der Waals surface area contributed by atoms with Gasteiger partial charge in [0.05, 0.1) is 18.3 Å². The smallest absolute Gasteiger partial charge is 0.119 e. The largest absolute Gasteiger partial charge is 0.494 e. The Kier molecular flexibility index (Phi) is 5.34. The number of hydrogen-bond donors (Lipinski definition) is 1. The molecule has 0 saturated heterocycles. The Hall–Kier alpha value is -1.87. The van der Waals surface area contributed by atoms with Crippen LogP contribution in [0.5, 0.6) is 5.75 Å². The predicted octanol–water partition coefficient (Wildman–Crippen LogP) is 3.80. The van der Waals surface area contributed by atoms with E-state index in [-0.39, 0.29) is 6.04 Å². The fourth-order valence-electron chi connectivity index (χ4n) is 2.47. The maximum absolute atomic E-state index is 5.63. The van der Waals surface area contributed by atoms with Crippen LogP contribution in [-0.4, -0.2) is 18.6 Å². The first-order chi connectivity index (χ1) is 10.2. The summed E-state index contributed by atoms with van der Waals surface area (Å²) in [6.45, 7) is 7.04. The normalized spacial score (nSPS) is 12.2. The molecule has 112 valence electrons. The molecule has 1 heterocycles. The number of aryl methyl sites for hydroxylation is 2. The third-order valence-corrected chi connectivity index (χ3v) is 3.50. The minimum absolute atomic E-state index is 0.103. The Balaban J connectivity index is 2.24. The number of nitrogens with one attached hydrogen (secondary N) is 1. The van der Waals surface area contributed by atoms with E-state index in [4.69, 9.17) is 4.74 Å². The third kappa shape index (κ3) is 3.82. The molecule has 0 saturated carbocycles. The molecular weight excluding hydrogens is 260 g/mol. The summed E-state index contributed by atoms with van der Waals surface area (Å²) in [5.41, 5.74) is 4.67. The molecule has 2 aromatic rings. The highest BCUT2D eigenvalue weighted by molar-refractivity contribution is 5.36. The topological polar surface area (TPSA) is 34.1 Å².